The molecule has 19 heavy (non-hydrogen) atoms. The molecule has 5 nitrogen and oxygen atoms in total. The maximum Gasteiger partial charge on any atom is 0.225 e. The molecular weight excluding hydrogens is 242 g/mol. The molecule has 104 valence electrons. The Morgan fingerprint density at radius 3 is 2.42 bits per heavy atom. The van der Waals surface area contributed by atoms with Crippen molar-refractivity contribution in [2.24, 2.45) is 16.3 Å². The van der Waals surface area contributed by atoms with Crippen molar-refractivity contribution >= 4 is 11.7 Å². The predicted molar refractivity (Wildman–Crippen MR) is 74.9 cm³/mol. The lowest BCUT2D eigenvalue weighted by Crippen LogP contribution is -2.35. The molecule has 5 heteroatoms. The van der Waals surface area contributed by atoms with E-state index in [1.54, 1.807) is 12.1 Å². The van der Waals surface area contributed by atoms with Crippen LogP contribution in [0.15, 0.2) is 29.4 Å². The Morgan fingerprint density at radius 1 is 1.37 bits per heavy atom. The summed E-state index contributed by atoms with van der Waals surface area (Å²) in [4.78, 5) is 11.9. The lowest BCUT2D eigenvalue weighted by molar-refractivity contribution is -0.129. The summed E-state index contributed by atoms with van der Waals surface area (Å²) in [6.45, 7) is 6.30. The van der Waals surface area contributed by atoms with Gasteiger partial charge in [0, 0.05) is 17.5 Å². The molecule has 0 heterocycles. The molecule has 0 spiro atoms. The van der Waals surface area contributed by atoms with E-state index in [-0.39, 0.29) is 17.2 Å². The minimum absolute atomic E-state index is 0.0375. The summed E-state index contributed by atoms with van der Waals surface area (Å²) in [5.74, 6) is 0.109. The number of rotatable bonds is 5. The fraction of sp³-hybridized carbons (Fsp3) is 0.429. The van der Waals surface area contributed by atoms with Gasteiger partial charge < -0.3 is 16.3 Å². The lowest BCUT2D eigenvalue weighted by Gasteiger charge is -2.21. The van der Waals surface area contributed by atoms with Gasteiger partial charge in [0.05, 0.1) is 0 Å². The fourth-order valence-electron chi connectivity index (χ4n) is 1.43. The molecule has 0 radical (unpaired) electrons. The van der Waals surface area contributed by atoms with Gasteiger partial charge >= 0.3 is 0 Å². The zero-order valence-electron chi connectivity index (χ0n) is 11.6. The topological polar surface area (TPSA) is 87.7 Å². The van der Waals surface area contributed by atoms with Gasteiger partial charge in [-0.1, -0.05) is 50.2 Å². The highest BCUT2D eigenvalue weighted by Gasteiger charge is 2.24. The normalized spacial score (nSPS) is 12.3. The number of nitrogens with two attached hydrogens (primary N) is 1. The van der Waals surface area contributed by atoms with Gasteiger partial charge in [-0.3, -0.25) is 4.79 Å². The minimum Gasteiger partial charge on any atom is -0.409 e. The van der Waals surface area contributed by atoms with E-state index >= 15 is 0 Å². The largest absolute Gasteiger partial charge is 0.409 e. The van der Waals surface area contributed by atoms with Crippen molar-refractivity contribution in [1.82, 2.24) is 5.32 Å². The summed E-state index contributed by atoms with van der Waals surface area (Å²) in [5.41, 5.74) is 6.73. The second kappa shape index (κ2) is 6.22. The third-order valence-electron chi connectivity index (χ3n) is 3.31. The molecule has 0 bridgehead atoms. The molecular formula is C14H21N3O2. The molecule has 0 aliphatic rings. The molecule has 0 unspecified atom stereocenters. The average Bonchev–Trinajstić information content (AvgIpc) is 2.44. The van der Waals surface area contributed by atoms with Gasteiger partial charge in [0.15, 0.2) is 5.84 Å². The van der Waals surface area contributed by atoms with E-state index in [9.17, 15) is 4.79 Å². The van der Waals surface area contributed by atoms with Crippen LogP contribution in [-0.4, -0.2) is 17.0 Å². The van der Waals surface area contributed by atoms with Crippen LogP contribution in [0, 0.1) is 5.41 Å². The van der Waals surface area contributed by atoms with Crippen LogP contribution in [0.1, 0.15) is 38.3 Å². The van der Waals surface area contributed by atoms with Crippen LogP contribution in [0.4, 0.5) is 0 Å². The van der Waals surface area contributed by atoms with Crippen molar-refractivity contribution in [3.8, 4) is 0 Å². The van der Waals surface area contributed by atoms with Gasteiger partial charge in [-0.15, -0.1) is 0 Å². The fourth-order valence-corrected chi connectivity index (χ4v) is 1.43. The first-order chi connectivity index (χ1) is 8.90. The number of nitrogens with zero attached hydrogens (tertiary/aromatic N) is 1. The van der Waals surface area contributed by atoms with Crippen LogP contribution in [0.3, 0.4) is 0 Å². The molecule has 4 N–H and O–H groups in total. The monoisotopic (exact) mass is 263 g/mol. The van der Waals surface area contributed by atoms with Crippen molar-refractivity contribution in [3.63, 3.8) is 0 Å². The Morgan fingerprint density at radius 2 is 1.95 bits per heavy atom. The van der Waals surface area contributed by atoms with Crippen molar-refractivity contribution in [3.05, 3.63) is 35.4 Å². The second-order valence-corrected chi connectivity index (χ2v) is 5.10. The molecule has 1 aromatic carbocycles. The first-order valence-corrected chi connectivity index (χ1v) is 6.26. The van der Waals surface area contributed by atoms with Crippen LogP contribution < -0.4 is 11.1 Å². The summed E-state index contributed by atoms with van der Waals surface area (Å²) < 4.78 is 0. The number of hydrogen-bond donors (Lipinski definition) is 3. The second-order valence-electron chi connectivity index (χ2n) is 5.10. The number of amides is 1. The van der Waals surface area contributed by atoms with E-state index in [2.05, 4.69) is 10.5 Å². The Hall–Kier alpha value is -2.04. The van der Waals surface area contributed by atoms with Gasteiger partial charge in [0.25, 0.3) is 0 Å². The Bertz CT molecular complexity index is 464. The Labute approximate surface area is 113 Å². The summed E-state index contributed by atoms with van der Waals surface area (Å²) in [5, 5.41) is 14.4. The number of nitrogens with one attached hydrogen (secondary N) is 1. The molecule has 0 fully saturated rings. The van der Waals surface area contributed by atoms with Crippen molar-refractivity contribution in [2.75, 3.05) is 0 Å². The maximum absolute atomic E-state index is 11.9. The highest BCUT2D eigenvalue weighted by molar-refractivity contribution is 5.96. The molecule has 0 aromatic heterocycles. The molecule has 1 rings (SSSR count). The number of hydrogen-bond acceptors (Lipinski definition) is 3. The smallest absolute Gasteiger partial charge is 0.225 e. The van der Waals surface area contributed by atoms with Gasteiger partial charge in [-0.05, 0) is 12.0 Å². The maximum atomic E-state index is 11.9. The minimum atomic E-state index is -0.353. The molecule has 1 aromatic rings. The van der Waals surface area contributed by atoms with Crippen molar-refractivity contribution in [2.45, 2.75) is 33.7 Å². The van der Waals surface area contributed by atoms with E-state index in [4.69, 9.17) is 10.9 Å². The lowest BCUT2D eigenvalue weighted by atomic mass is 9.89. The molecule has 0 aliphatic carbocycles. The van der Waals surface area contributed by atoms with E-state index in [1.807, 2.05) is 32.9 Å². The van der Waals surface area contributed by atoms with E-state index in [0.29, 0.717) is 12.1 Å². The molecule has 0 saturated carbocycles. The summed E-state index contributed by atoms with van der Waals surface area (Å²) in [6.07, 6.45) is 0.793. The molecule has 1 amide bonds. The standard InChI is InChI=1S/C14H21N3O2/c1-4-14(2,3)13(18)16-9-10-5-7-11(8-6-10)12(15)17-19/h5-8,19H,4,9H2,1-3H3,(H2,15,17)(H,16,18). The van der Waals surface area contributed by atoms with Gasteiger partial charge in [0.1, 0.15) is 0 Å². The Balaban J connectivity index is 2.62. The highest BCUT2D eigenvalue weighted by Crippen LogP contribution is 2.19. The van der Waals surface area contributed by atoms with Crippen LogP contribution >= 0.6 is 0 Å². The quantitative estimate of drug-likeness (QED) is 0.328. The van der Waals surface area contributed by atoms with Gasteiger partial charge in [-0.25, -0.2) is 0 Å². The third-order valence-corrected chi connectivity index (χ3v) is 3.31. The number of amidine groups is 1. The van der Waals surface area contributed by atoms with Gasteiger partial charge in [-0.2, -0.15) is 0 Å². The third kappa shape index (κ3) is 3.98. The zero-order valence-corrected chi connectivity index (χ0v) is 11.6. The first-order valence-electron chi connectivity index (χ1n) is 6.26. The van der Waals surface area contributed by atoms with Crippen LogP contribution in [0.25, 0.3) is 0 Å². The first kappa shape index (κ1) is 15.0. The summed E-state index contributed by atoms with van der Waals surface area (Å²) in [7, 11) is 0. The zero-order chi connectivity index (χ0) is 14.5. The van der Waals surface area contributed by atoms with Crippen LogP contribution in [-0.2, 0) is 11.3 Å². The number of benzene rings is 1. The van der Waals surface area contributed by atoms with Crippen LogP contribution in [0.2, 0.25) is 0 Å². The average molecular weight is 263 g/mol. The summed E-state index contributed by atoms with van der Waals surface area (Å²) >= 11 is 0. The summed E-state index contributed by atoms with van der Waals surface area (Å²) in [6, 6.07) is 7.18. The van der Waals surface area contributed by atoms with Crippen LogP contribution in [0.5, 0.6) is 0 Å². The van der Waals surface area contributed by atoms with E-state index in [1.165, 1.54) is 0 Å². The van der Waals surface area contributed by atoms with Crippen molar-refractivity contribution in [1.29, 1.82) is 0 Å². The molecule has 0 atom stereocenters. The van der Waals surface area contributed by atoms with Crippen molar-refractivity contribution < 1.29 is 10.0 Å². The SMILES string of the molecule is CCC(C)(C)C(=O)NCc1ccc(C(N)=NO)cc1. The number of carbonyl (C=O) groups is 1. The number of carbonyl (C=O) groups excluding carboxylic acids is 1. The Kier molecular flexibility index (Phi) is 4.92. The number of oxime groups is 1. The predicted octanol–water partition coefficient (Wildman–Crippen LogP) is 1.83. The highest BCUT2D eigenvalue weighted by atomic mass is 16.4. The molecule has 0 saturated heterocycles. The van der Waals surface area contributed by atoms with E-state index in [0.717, 1.165) is 12.0 Å². The van der Waals surface area contributed by atoms with Gasteiger partial charge in [0.2, 0.25) is 5.91 Å². The van der Waals surface area contributed by atoms with E-state index < -0.39 is 0 Å². The molecule has 0 aliphatic heterocycles.